The van der Waals surface area contributed by atoms with Crippen LogP contribution in [-0.2, 0) is 6.54 Å². The Morgan fingerprint density at radius 2 is 2.24 bits per heavy atom. The maximum Gasteiger partial charge on any atom is 0.162 e. The van der Waals surface area contributed by atoms with Gasteiger partial charge in [-0.2, -0.15) is 0 Å². The average molecular weight is 233 g/mol. The molecule has 3 nitrogen and oxygen atoms in total. The van der Waals surface area contributed by atoms with E-state index in [4.69, 9.17) is 11.2 Å². The lowest BCUT2D eigenvalue weighted by Crippen LogP contribution is -2.14. The first kappa shape index (κ1) is 13.4. The third-order valence-electron chi connectivity index (χ3n) is 2.54. The lowest BCUT2D eigenvalue weighted by atomic mass is 10.2. The number of hydrogen-bond acceptors (Lipinski definition) is 3. The molecular weight excluding hydrogens is 214 g/mol. The summed E-state index contributed by atoms with van der Waals surface area (Å²) in [6.45, 7) is 1.54. The van der Waals surface area contributed by atoms with E-state index in [2.05, 4.69) is 11.2 Å². The maximum atomic E-state index is 9.84. The molecule has 0 amide bonds. The molecule has 1 aromatic carbocycles. The molecule has 17 heavy (non-hydrogen) atoms. The molecule has 0 bridgehead atoms. The molecule has 0 fully saturated rings. The molecule has 0 aromatic heterocycles. The van der Waals surface area contributed by atoms with Crippen molar-refractivity contribution in [3.8, 4) is 23.8 Å². The fourth-order valence-corrected chi connectivity index (χ4v) is 1.58. The zero-order valence-electron chi connectivity index (χ0n) is 10.2. The molecule has 0 aliphatic rings. The van der Waals surface area contributed by atoms with Crippen molar-refractivity contribution >= 4 is 0 Å². The topological polar surface area (TPSA) is 41.5 Å². The largest absolute Gasteiger partial charge is 0.504 e. The van der Waals surface area contributed by atoms with Crippen LogP contribution in [0.2, 0.25) is 0 Å². The number of benzene rings is 1. The Balaban J connectivity index is 2.34. The fraction of sp³-hybridized carbons (Fsp3) is 0.429. The minimum Gasteiger partial charge on any atom is -0.504 e. The summed E-state index contributed by atoms with van der Waals surface area (Å²) in [5.41, 5.74) is 0.848. The molecule has 0 aliphatic carbocycles. The van der Waals surface area contributed by atoms with Gasteiger partial charge in [0.25, 0.3) is 0 Å². The Morgan fingerprint density at radius 1 is 1.41 bits per heavy atom. The Hall–Kier alpha value is -1.66. The highest BCUT2D eigenvalue weighted by Gasteiger charge is 2.05. The van der Waals surface area contributed by atoms with E-state index in [0.29, 0.717) is 12.3 Å². The second-order valence-electron chi connectivity index (χ2n) is 3.81. The first-order chi connectivity index (χ1) is 8.29. The van der Waals surface area contributed by atoms with Crippen molar-refractivity contribution in [2.75, 3.05) is 13.7 Å². The third-order valence-corrected chi connectivity index (χ3v) is 2.54. The SMILES string of the molecule is C#CCCCCNCc1cccc(OC)c1O. The minimum absolute atomic E-state index is 0.214. The molecule has 0 radical (unpaired) electrons. The van der Waals surface area contributed by atoms with E-state index in [9.17, 15) is 5.11 Å². The number of phenols is 1. The fourth-order valence-electron chi connectivity index (χ4n) is 1.58. The van der Waals surface area contributed by atoms with Crippen molar-refractivity contribution in [1.82, 2.24) is 5.32 Å². The molecule has 1 aromatic rings. The van der Waals surface area contributed by atoms with E-state index in [-0.39, 0.29) is 5.75 Å². The molecule has 3 heteroatoms. The summed E-state index contributed by atoms with van der Waals surface area (Å²) in [5.74, 6) is 3.34. The number of aromatic hydroxyl groups is 1. The number of rotatable bonds is 7. The van der Waals surface area contributed by atoms with Gasteiger partial charge in [0.05, 0.1) is 7.11 Å². The van der Waals surface area contributed by atoms with Crippen molar-refractivity contribution in [1.29, 1.82) is 0 Å². The highest BCUT2D eigenvalue weighted by atomic mass is 16.5. The molecule has 1 rings (SSSR count). The average Bonchev–Trinajstić information content (AvgIpc) is 2.35. The standard InChI is InChI=1S/C14H19NO2/c1-3-4-5-6-10-15-11-12-8-7-9-13(17-2)14(12)16/h1,7-9,15-16H,4-6,10-11H2,2H3. The number of nitrogens with one attached hydrogen (secondary N) is 1. The molecule has 0 spiro atoms. The lowest BCUT2D eigenvalue weighted by molar-refractivity contribution is 0.369. The van der Waals surface area contributed by atoms with Crippen LogP contribution in [0.3, 0.4) is 0 Å². The number of hydrogen-bond donors (Lipinski definition) is 2. The van der Waals surface area contributed by atoms with Crippen molar-refractivity contribution in [3.05, 3.63) is 23.8 Å². The molecule has 0 saturated heterocycles. The number of phenolic OH excluding ortho intramolecular Hbond substituents is 1. The summed E-state index contributed by atoms with van der Waals surface area (Å²) in [4.78, 5) is 0. The predicted octanol–water partition coefficient (Wildman–Crippen LogP) is 2.29. The van der Waals surface area contributed by atoms with Gasteiger partial charge in [0.1, 0.15) is 0 Å². The van der Waals surface area contributed by atoms with E-state index >= 15 is 0 Å². The normalized spacial score (nSPS) is 9.88. The number of methoxy groups -OCH3 is 1. The maximum absolute atomic E-state index is 9.84. The molecule has 2 N–H and O–H groups in total. The van der Waals surface area contributed by atoms with E-state index < -0.39 is 0 Å². The molecule has 0 atom stereocenters. The van der Waals surface area contributed by atoms with Gasteiger partial charge in [0.15, 0.2) is 11.5 Å². The highest BCUT2D eigenvalue weighted by Crippen LogP contribution is 2.28. The van der Waals surface area contributed by atoms with E-state index in [1.807, 2.05) is 12.1 Å². The van der Waals surface area contributed by atoms with Gasteiger partial charge in [0.2, 0.25) is 0 Å². The Kier molecular flexibility index (Phi) is 5.98. The van der Waals surface area contributed by atoms with Crippen LogP contribution in [0.15, 0.2) is 18.2 Å². The third kappa shape index (κ3) is 4.38. The lowest BCUT2D eigenvalue weighted by Gasteiger charge is -2.09. The molecule has 0 unspecified atom stereocenters. The monoisotopic (exact) mass is 233 g/mol. The Morgan fingerprint density at radius 3 is 2.94 bits per heavy atom. The Labute approximate surface area is 103 Å². The van der Waals surface area contributed by atoms with Crippen molar-refractivity contribution in [2.45, 2.75) is 25.8 Å². The van der Waals surface area contributed by atoms with Gasteiger partial charge in [0, 0.05) is 18.5 Å². The van der Waals surface area contributed by atoms with Crippen LogP contribution in [0.1, 0.15) is 24.8 Å². The van der Waals surface area contributed by atoms with Crippen LogP contribution in [0.4, 0.5) is 0 Å². The Bertz CT molecular complexity index is 382. The molecule has 0 aliphatic heterocycles. The molecular formula is C14H19NO2. The number of ether oxygens (including phenoxy) is 1. The van der Waals surface area contributed by atoms with Crippen LogP contribution in [0, 0.1) is 12.3 Å². The van der Waals surface area contributed by atoms with E-state index in [0.717, 1.165) is 31.4 Å². The van der Waals surface area contributed by atoms with Gasteiger partial charge in [-0.25, -0.2) is 0 Å². The number of para-hydroxylation sites is 1. The highest BCUT2D eigenvalue weighted by molar-refractivity contribution is 5.45. The van der Waals surface area contributed by atoms with Crippen LogP contribution in [0.5, 0.6) is 11.5 Å². The van der Waals surface area contributed by atoms with Crippen LogP contribution >= 0.6 is 0 Å². The minimum atomic E-state index is 0.214. The second kappa shape index (κ2) is 7.59. The van der Waals surface area contributed by atoms with Gasteiger partial charge >= 0.3 is 0 Å². The van der Waals surface area contributed by atoms with Crippen LogP contribution < -0.4 is 10.1 Å². The van der Waals surface area contributed by atoms with Crippen molar-refractivity contribution in [3.63, 3.8) is 0 Å². The summed E-state index contributed by atoms with van der Waals surface area (Å²) in [6, 6.07) is 5.49. The first-order valence-corrected chi connectivity index (χ1v) is 5.78. The van der Waals surface area contributed by atoms with E-state index in [1.165, 1.54) is 0 Å². The van der Waals surface area contributed by atoms with Crippen LogP contribution in [0.25, 0.3) is 0 Å². The zero-order valence-corrected chi connectivity index (χ0v) is 10.2. The predicted molar refractivity (Wildman–Crippen MR) is 69.0 cm³/mol. The molecule has 0 heterocycles. The number of unbranched alkanes of at least 4 members (excludes halogenated alkanes) is 2. The molecule has 92 valence electrons. The van der Waals surface area contributed by atoms with E-state index in [1.54, 1.807) is 13.2 Å². The summed E-state index contributed by atoms with van der Waals surface area (Å²) in [7, 11) is 1.55. The summed E-state index contributed by atoms with van der Waals surface area (Å²) >= 11 is 0. The van der Waals surface area contributed by atoms with Crippen molar-refractivity contribution < 1.29 is 9.84 Å². The smallest absolute Gasteiger partial charge is 0.162 e. The van der Waals surface area contributed by atoms with Gasteiger partial charge in [-0.1, -0.05) is 12.1 Å². The summed E-state index contributed by atoms with van der Waals surface area (Å²) in [6.07, 6.45) is 8.08. The quantitative estimate of drug-likeness (QED) is 0.561. The number of terminal acetylenes is 1. The van der Waals surface area contributed by atoms with Gasteiger partial charge < -0.3 is 15.2 Å². The zero-order chi connectivity index (χ0) is 12.5. The van der Waals surface area contributed by atoms with Gasteiger partial charge in [-0.05, 0) is 25.5 Å². The second-order valence-corrected chi connectivity index (χ2v) is 3.81. The van der Waals surface area contributed by atoms with Gasteiger partial charge in [-0.15, -0.1) is 12.3 Å². The molecule has 0 saturated carbocycles. The van der Waals surface area contributed by atoms with Crippen molar-refractivity contribution in [2.24, 2.45) is 0 Å². The first-order valence-electron chi connectivity index (χ1n) is 5.78. The van der Waals surface area contributed by atoms with Gasteiger partial charge in [-0.3, -0.25) is 0 Å². The summed E-state index contributed by atoms with van der Waals surface area (Å²) in [5, 5.41) is 13.1. The van der Waals surface area contributed by atoms with Crippen LogP contribution in [-0.4, -0.2) is 18.8 Å². The summed E-state index contributed by atoms with van der Waals surface area (Å²) < 4.78 is 5.05.